The maximum atomic E-state index is 13.4. The van der Waals surface area contributed by atoms with Crippen LogP contribution in [-0.2, 0) is 6.54 Å². The second-order valence-corrected chi connectivity index (χ2v) is 7.01. The number of carbonyl (C=O) groups is 1. The Balaban J connectivity index is 1.71. The number of imidazole rings is 1. The molecule has 1 atom stereocenters. The number of para-hydroxylation sites is 2. The second-order valence-electron chi connectivity index (χ2n) is 7.01. The van der Waals surface area contributed by atoms with E-state index >= 15 is 0 Å². The Morgan fingerprint density at radius 2 is 2.08 bits per heavy atom. The molecule has 3 heterocycles. The van der Waals surface area contributed by atoms with Gasteiger partial charge in [-0.2, -0.15) is 5.10 Å². The van der Waals surface area contributed by atoms with Crippen molar-refractivity contribution in [3.63, 3.8) is 0 Å². The number of fused-ring (bicyclic) bond motifs is 1. The van der Waals surface area contributed by atoms with Gasteiger partial charge in [-0.25, -0.2) is 4.98 Å². The van der Waals surface area contributed by atoms with Gasteiger partial charge in [0.2, 0.25) is 0 Å². The fourth-order valence-corrected chi connectivity index (χ4v) is 4.05. The Morgan fingerprint density at radius 1 is 1.27 bits per heavy atom. The lowest BCUT2D eigenvalue weighted by atomic mass is 9.99. The Kier molecular flexibility index (Phi) is 4.26. The molecule has 1 saturated heterocycles. The molecule has 136 valence electrons. The molecule has 3 aromatic rings. The molecule has 0 saturated carbocycles. The van der Waals surface area contributed by atoms with Crippen LogP contribution in [-0.4, -0.2) is 37.1 Å². The highest BCUT2D eigenvalue weighted by Crippen LogP contribution is 2.32. The van der Waals surface area contributed by atoms with Gasteiger partial charge in [-0.05, 0) is 52.2 Å². The molecule has 1 unspecified atom stereocenters. The lowest BCUT2D eigenvalue weighted by molar-refractivity contribution is 0.0599. The third kappa shape index (κ3) is 2.69. The minimum atomic E-state index is -0.00701. The summed E-state index contributed by atoms with van der Waals surface area (Å²) in [6, 6.07) is 8.01. The predicted octanol–water partition coefficient (Wildman–Crippen LogP) is 3.76. The van der Waals surface area contributed by atoms with Crippen molar-refractivity contribution in [2.45, 2.75) is 52.6 Å². The monoisotopic (exact) mass is 351 g/mol. The van der Waals surface area contributed by atoms with Crippen LogP contribution in [0.15, 0.2) is 24.3 Å². The SMILES string of the molecule is CCn1nc(C)c(C(=O)N2CCCCC2c2nc3ccccc3[nH]2)c1C. The third-order valence-electron chi connectivity index (χ3n) is 5.38. The van der Waals surface area contributed by atoms with Gasteiger partial charge in [-0.3, -0.25) is 9.48 Å². The summed E-state index contributed by atoms with van der Waals surface area (Å²) >= 11 is 0. The zero-order valence-corrected chi connectivity index (χ0v) is 15.6. The average Bonchev–Trinajstić information content (AvgIpc) is 3.21. The van der Waals surface area contributed by atoms with Gasteiger partial charge >= 0.3 is 0 Å². The van der Waals surface area contributed by atoms with E-state index in [-0.39, 0.29) is 11.9 Å². The zero-order chi connectivity index (χ0) is 18.3. The number of aryl methyl sites for hydroxylation is 2. The van der Waals surface area contributed by atoms with E-state index in [1.165, 1.54) is 0 Å². The molecular weight excluding hydrogens is 326 g/mol. The molecular formula is C20H25N5O. The van der Waals surface area contributed by atoms with Crippen LogP contribution in [0.4, 0.5) is 0 Å². The molecule has 1 fully saturated rings. The number of aromatic amines is 1. The molecule has 0 spiro atoms. The first kappa shape index (κ1) is 16.8. The first-order valence-corrected chi connectivity index (χ1v) is 9.39. The number of amides is 1. The van der Waals surface area contributed by atoms with Crippen molar-refractivity contribution in [1.29, 1.82) is 0 Å². The highest BCUT2D eigenvalue weighted by Gasteiger charge is 2.33. The Morgan fingerprint density at radius 3 is 2.81 bits per heavy atom. The van der Waals surface area contributed by atoms with Crippen molar-refractivity contribution < 1.29 is 4.79 Å². The largest absolute Gasteiger partial charge is 0.340 e. The van der Waals surface area contributed by atoms with E-state index in [2.05, 4.69) is 10.1 Å². The van der Waals surface area contributed by atoms with Crippen LogP contribution in [0.1, 0.15) is 59.8 Å². The van der Waals surface area contributed by atoms with Crippen molar-refractivity contribution >= 4 is 16.9 Å². The quantitative estimate of drug-likeness (QED) is 0.781. The van der Waals surface area contributed by atoms with E-state index in [0.717, 1.165) is 66.2 Å². The van der Waals surface area contributed by atoms with Gasteiger partial charge < -0.3 is 9.88 Å². The molecule has 1 aliphatic heterocycles. The Bertz CT molecular complexity index is 921. The van der Waals surface area contributed by atoms with Gasteiger partial charge in [0.05, 0.1) is 28.3 Å². The highest BCUT2D eigenvalue weighted by molar-refractivity contribution is 5.96. The normalized spacial score (nSPS) is 17.8. The summed E-state index contributed by atoms with van der Waals surface area (Å²) in [7, 11) is 0. The van der Waals surface area contributed by atoms with E-state index < -0.39 is 0 Å². The maximum Gasteiger partial charge on any atom is 0.258 e. The first-order chi connectivity index (χ1) is 12.6. The fraction of sp³-hybridized carbons (Fsp3) is 0.450. The number of nitrogens with zero attached hydrogens (tertiary/aromatic N) is 4. The fourth-order valence-electron chi connectivity index (χ4n) is 4.05. The summed E-state index contributed by atoms with van der Waals surface area (Å²) in [6.07, 6.45) is 3.08. The summed E-state index contributed by atoms with van der Waals surface area (Å²) in [6.45, 7) is 7.49. The van der Waals surface area contributed by atoms with Gasteiger partial charge in [0.1, 0.15) is 5.82 Å². The molecule has 26 heavy (non-hydrogen) atoms. The van der Waals surface area contributed by atoms with Gasteiger partial charge in [-0.1, -0.05) is 12.1 Å². The number of carbonyl (C=O) groups excluding carboxylic acids is 1. The lowest BCUT2D eigenvalue weighted by Gasteiger charge is -2.34. The molecule has 0 radical (unpaired) electrons. The summed E-state index contributed by atoms with van der Waals surface area (Å²) < 4.78 is 1.91. The topological polar surface area (TPSA) is 66.8 Å². The van der Waals surface area contributed by atoms with Crippen molar-refractivity contribution in [2.75, 3.05) is 6.54 Å². The van der Waals surface area contributed by atoms with E-state index in [0.29, 0.717) is 0 Å². The van der Waals surface area contributed by atoms with Crippen molar-refractivity contribution in [3.05, 3.63) is 47.0 Å². The molecule has 4 rings (SSSR count). The van der Waals surface area contributed by atoms with Crippen molar-refractivity contribution in [3.8, 4) is 0 Å². The molecule has 6 nitrogen and oxygen atoms in total. The molecule has 1 N–H and O–H groups in total. The van der Waals surface area contributed by atoms with Gasteiger partial charge in [0, 0.05) is 18.8 Å². The standard InChI is InChI=1S/C20H25N5O/c1-4-25-14(3)18(13(2)23-25)20(26)24-12-8-7-11-17(24)19-21-15-9-5-6-10-16(15)22-19/h5-6,9-10,17H,4,7-8,11-12H2,1-3H3,(H,21,22). The van der Waals surface area contributed by atoms with Gasteiger partial charge in [-0.15, -0.1) is 0 Å². The number of benzene rings is 1. The summed E-state index contributed by atoms with van der Waals surface area (Å²) in [4.78, 5) is 23.6. The first-order valence-electron chi connectivity index (χ1n) is 9.39. The number of likely N-dealkylation sites (tertiary alicyclic amines) is 1. The number of nitrogens with one attached hydrogen (secondary N) is 1. The van der Waals surface area contributed by atoms with E-state index in [4.69, 9.17) is 4.98 Å². The number of hydrogen-bond acceptors (Lipinski definition) is 3. The minimum absolute atomic E-state index is 0.00701. The van der Waals surface area contributed by atoms with E-state index in [1.54, 1.807) is 0 Å². The molecule has 0 bridgehead atoms. The van der Waals surface area contributed by atoms with Crippen LogP contribution in [0.5, 0.6) is 0 Å². The smallest absolute Gasteiger partial charge is 0.258 e. The molecule has 1 aromatic carbocycles. The van der Waals surface area contributed by atoms with Gasteiger partial charge in [0.15, 0.2) is 0 Å². The summed E-state index contributed by atoms with van der Waals surface area (Å²) in [5.74, 6) is 0.960. The van der Waals surface area contributed by atoms with Gasteiger partial charge in [0.25, 0.3) is 5.91 Å². The maximum absolute atomic E-state index is 13.4. The summed E-state index contributed by atoms with van der Waals surface area (Å²) in [5, 5.41) is 4.52. The number of aromatic nitrogens is 4. The molecule has 0 aliphatic carbocycles. The van der Waals surface area contributed by atoms with E-state index in [1.807, 2.05) is 54.6 Å². The van der Waals surface area contributed by atoms with Crippen LogP contribution in [0.25, 0.3) is 11.0 Å². The molecule has 6 heteroatoms. The van der Waals surface area contributed by atoms with Crippen molar-refractivity contribution in [2.24, 2.45) is 0 Å². The van der Waals surface area contributed by atoms with E-state index in [9.17, 15) is 4.79 Å². The number of H-pyrrole nitrogens is 1. The Hall–Kier alpha value is -2.63. The third-order valence-corrected chi connectivity index (χ3v) is 5.38. The molecule has 1 amide bonds. The summed E-state index contributed by atoms with van der Waals surface area (Å²) in [5.41, 5.74) is 4.47. The average molecular weight is 351 g/mol. The number of rotatable bonds is 3. The lowest BCUT2D eigenvalue weighted by Crippen LogP contribution is -2.39. The molecule has 2 aromatic heterocycles. The zero-order valence-electron chi connectivity index (χ0n) is 15.6. The van der Waals surface area contributed by atoms with Crippen LogP contribution < -0.4 is 0 Å². The number of piperidine rings is 1. The van der Waals surface area contributed by atoms with Crippen LogP contribution >= 0.6 is 0 Å². The Labute approximate surface area is 153 Å². The number of hydrogen-bond donors (Lipinski definition) is 1. The van der Waals surface area contributed by atoms with Crippen LogP contribution in [0, 0.1) is 13.8 Å². The second kappa shape index (κ2) is 6.59. The predicted molar refractivity (Wildman–Crippen MR) is 101 cm³/mol. The minimum Gasteiger partial charge on any atom is -0.340 e. The van der Waals surface area contributed by atoms with Crippen LogP contribution in [0.3, 0.4) is 0 Å². The van der Waals surface area contributed by atoms with Crippen LogP contribution in [0.2, 0.25) is 0 Å². The molecule has 1 aliphatic rings. The van der Waals surface area contributed by atoms with Crippen molar-refractivity contribution in [1.82, 2.24) is 24.6 Å². The highest BCUT2D eigenvalue weighted by atomic mass is 16.2.